The van der Waals surface area contributed by atoms with Crippen LogP contribution in [0.4, 0.5) is 0 Å². The fourth-order valence-corrected chi connectivity index (χ4v) is 2.76. The van der Waals surface area contributed by atoms with E-state index in [2.05, 4.69) is 5.32 Å². The zero-order valence-electron chi connectivity index (χ0n) is 13.8. The number of benzene rings is 2. The Hall–Kier alpha value is -3.25. The highest BCUT2D eigenvalue weighted by Crippen LogP contribution is 2.32. The van der Waals surface area contributed by atoms with Crippen molar-refractivity contribution in [2.75, 3.05) is 13.3 Å². The lowest BCUT2D eigenvalue weighted by molar-refractivity contribution is 0.0916. The number of carbonyl (C=O) groups is 1. The molecule has 2 aromatic carbocycles. The van der Waals surface area contributed by atoms with E-state index in [1.807, 2.05) is 36.4 Å². The number of hydrogen-bond acceptors (Lipinski definition) is 5. The van der Waals surface area contributed by atoms with Gasteiger partial charge in [0.2, 0.25) is 6.79 Å². The molecule has 1 atom stereocenters. The molecular formula is C20H17NO5. The Morgan fingerprint density at radius 3 is 2.65 bits per heavy atom. The summed E-state index contributed by atoms with van der Waals surface area (Å²) in [6.45, 7) is 0.264. The first-order valence-electron chi connectivity index (χ1n) is 8.20. The van der Waals surface area contributed by atoms with Crippen molar-refractivity contribution >= 4 is 5.91 Å². The highest BCUT2D eigenvalue weighted by molar-refractivity contribution is 5.94. The second-order valence-electron chi connectivity index (χ2n) is 5.89. The summed E-state index contributed by atoms with van der Waals surface area (Å²) in [5.74, 6) is 1.65. The minimum Gasteiger partial charge on any atom is -0.464 e. The molecule has 0 bridgehead atoms. The Labute approximate surface area is 150 Å². The van der Waals surface area contributed by atoms with Gasteiger partial charge in [0.25, 0.3) is 5.91 Å². The van der Waals surface area contributed by atoms with Crippen LogP contribution in [0.3, 0.4) is 0 Å². The lowest BCUT2D eigenvalue weighted by atomic mass is 10.1. The van der Waals surface area contributed by atoms with Gasteiger partial charge in [0.05, 0.1) is 12.4 Å². The molecule has 0 radical (unpaired) electrons. The van der Waals surface area contributed by atoms with Gasteiger partial charge in [-0.2, -0.15) is 0 Å². The summed E-state index contributed by atoms with van der Waals surface area (Å²) in [6.07, 6.45) is 0.808. The predicted molar refractivity (Wildman–Crippen MR) is 94.0 cm³/mol. The average Bonchev–Trinajstić information content (AvgIpc) is 3.37. The molecule has 4 rings (SSSR count). The van der Waals surface area contributed by atoms with Gasteiger partial charge in [-0.3, -0.25) is 4.79 Å². The second kappa shape index (κ2) is 6.93. The van der Waals surface area contributed by atoms with Crippen molar-refractivity contribution < 1.29 is 23.8 Å². The SMILES string of the molecule is O=C(NC[C@H](O)c1ccc(-c2ccco2)cc1)c1ccc2c(c1)OCO2. The number of furan rings is 1. The number of rotatable bonds is 5. The summed E-state index contributed by atoms with van der Waals surface area (Å²) in [5, 5.41) is 13.0. The third-order valence-electron chi connectivity index (χ3n) is 4.19. The van der Waals surface area contributed by atoms with E-state index in [-0.39, 0.29) is 19.2 Å². The number of aliphatic hydroxyl groups excluding tert-OH is 1. The molecule has 0 saturated carbocycles. The monoisotopic (exact) mass is 351 g/mol. The molecule has 1 aliphatic rings. The van der Waals surface area contributed by atoms with Crippen LogP contribution in [0.1, 0.15) is 22.0 Å². The molecule has 1 aliphatic heterocycles. The Morgan fingerprint density at radius 2 is 1.88 bits per heavy atom. The lowest BCUT2D eigenvalue weighted by Crippen LogP contribution is -2.28. The Bertz CT molecular complexity index is 902. The van der Waals surface area contributed by atoms with Crippen molar-refractivity contribution in [3.8, 4) is 22.8 Å². The molecule has 2 N–H and O–H groups in total. The summed E-state index contributed by atoms with van der Waals surface area (Å²) < 4.78 is 15.8. The first kappa shape index (κ1) is 16.2. The van der Waals surface area contributed by atoms with Gasteiger partial charge < -0.3 is 24.3 Å². The highest BCUT2D eigenvalue weighted by atomic mass is 16.7. The number of ether oxygens (including phenoxy) is 2. The number of nitrogens with one attached hydrogen (secondary N) is 1. The standard InChI is InChI=1S/C20H17NO5/c22-16(13-3-5-14(6-4-13)17-2-1-9-24-17)11-21-20(23)15-7-8-18-19(10-15)26-12-25-18/h1-10,16,22H,11-12H2,(H,21,23)/t16-/m0/s1. The van der Waals surface area contributed by atoms with Gasteiger partial charge in [-0.15, -0.1) is 0 Å². The summed E-state index contributed by atoms with van der Waals surface area (Å²) in [6, 6.07) is 16.1. The van der Waals surface area contributed by atoms with Crippen molar-refractivity contribution in [2.45, 2.75) is 6.10 Å². The quantitative estimate of drug-likeness (QED) is 0.738. The van der Waals surface area contributed by atoms with Gasteiger partial charge in [-0.05, 0) is 35.9 Å². The first-order valence-corrected chi connectivity index (χ1v) is 8.20. The molecule has 26 heavy (non-hydrogen) atoms. The van der Waals surface area contributed by atoms with Crippen LogP contribution in [0.15, 0.2) is 65.3 Å². The molecule has 0 spiro atoms. The fourth-order valence-electron chi connectivity index (χ4n) is 2.76. The molecule has 0 unspecified atom stereocenters. The summed E-state index contributed by atoms with van der Waals surface area (Å²) in [4.78, 5) is 12.3. The van der Waals surface area contributed by atoms with E-state index in [0.29, 0.717) is 22.6 Å². The van der Waals surface area contributed by atoms with Gasteiger partial charge in [0, 0.05) is 17.7 Å². The fraction of sp³-hybridized carbons (Fsp3) is 0.150. The normalized spacial score (nSPS) is 13.4. The van der Waals surface area contributed by atoms with Gasteiger partial charge in [0.15, 0.2) is 11.5 Å². The molecule has 6 nitrogen and oxygen atoms in total. The van der Waals surface area contributed by atoms with E-state index in [1.54, 1.807) is 24.5 Å². The maximum atomic E-state index is 12.3. The number of hydrogen-bond donors (Lipinski definition) is 2. The summed E-state index contributed by atoms with van der Waals surface area (Å²) in [5.41, 5.74) is 2.09. The van der Waals surface area contributed by atoms with Crippen LogP contribution in [-0.2, 0) is 0 Å². The molecule has 0 saturated heterocycles. The maximum Gasteiger partial charge on any atom is 0.251 e. The van der Waals surface area contributed by atoms with Crippen molar-refractivity contribution in [3.05, 3.63) is 72.0 Å². The zero-order chi connectivity index (χ0) is 17.9. The van der Waals surface area contributed by atoms with Crippen LogP contribution < -0.4 is 14.8 Å². The second-order valence-corrected chi connectivity index (χ2v) is 5.89. The van der Waals surface area contributed by atoms with Crippen molar-refractivity contribution in [1.29, 1.82) is 0 Å². The number of carbonyl (C=O) groups excluding carboxylic acids is 1. The number of amides is 1. The molecule has 6 heteroatoms. The molecule has 0 fully saturated rings. The van der Waals surface area contributed by atoms with Gasteiger partial charge in [-0.25, -0.2) is 0 Å². The van der Waals surface area contributed by atoms with Crippen LogP contribution in [-0.4, -0.2) is 24.4 Å². The highest BCUT2D eigenvalue weighted by Gasteiger charge is 2.17. The Balaban J connectivity index is 1.37. The maximum absolute atomic E-state index is 12.3. The third-order valence-corrected chi connectivity index (χ3v) is 4.19. The average molecular weight is 351 g/mol. The topological polar surface area (TPSA) is 80.9 Å². The van der Waals surface area contributed by atoms with Crippen LogP contribution in [0.5, 0.6) is 11.5 Å². The van der Waals surface area contributed by atoms with Crippen molar-refractivity contribution in [3.63, 3.8) is 0 Å². The summed E-state index contributed by atoms with van der Waals surface area (Å²) in [7, 11) is 0. The smallest absolute Gasteiger partial charge is 0.251 e. The molecular weight excluding hydrogens is 334 g/mol. The molecule has 132 valence electrons. The van der Waals surface area contributed by atoms with E-state index >= 15 is 0 Å². The van der Waals surface area contributed by atoms with E-state index in [4.69, 9.17) is 13.9 Å². The molecule has 0 aliphatic carbocycles. The van der Waals surface area contributed by atoms with E-state index in [9.17, 15) is 9.90 Å². The minimum atomic E-state index is -0.807. The van der Waals surface area contributed by atoms with Crippen LogP contribution >= 0.6 is 0 Å². The van der Waals surface area contributed by atoms with E-state index < -0.39 is 6.10 Å². The molecule has 3 aromatic rings. The van der Waals surface area contributed by atoms with E-state index in [0.717, 1.165) is 11.3 Å². The van der Waals surface area contributed by atoms with Crippen molar-refractivity contribution in [1.82, 2.24) is 5.32 Å². The van der Waals surface area contributed by atoms with Gasteiger partial charge in [0.1, 0.15) is 5.76 Å². The van der Waals surface area contributed by atoms with Gasteiger partial charge >= 0.3 is 0 Å². The zero-order valence-corrected chi connectivity index (χ0v) is 13.8. The predicted octanol–water partition coefficient (Wildman–Crippen LogP) is 3.14. The Morgan fingerprint density at radius 1 is 1.08 bits per heavy atom. The van der Waals surface area contributed by atoms with Gasteiger partial charge in [-0.1, -0.05) is 24.3 Å². The van der Waals surface area contributed by atoms with E-state index in [1.165, 1.54) is 0 Å². The largest absolute Gasteiger partial charge is 0.464 e. The number of fused-ring (bicyclic) bond motifs is 1. The minimum absolute atomic E-state index is 0.105. The van der Waals surface area contributed by atoms with Crippen LogP contribution in [0.25, 0.3) is 11.3 Å². The van der Waals surface area contributed by atoms with Crippen LogP contribution in [0, 0.1) is 0 Å². The summed E-state index contributed by atoms with van der Waals surface area (Å²) >= 11 is 0. The lowest BCUT2D eigenvalue weighted by Gasteiger charge is -2.13. The van der Waals surface area contributed by atoms with Crippen LogP contribution in [0.2, 0.25) is 0 Å². The van der Waals surface area contributed by atoms with Crippen molar-refractivity contribution in [2.24, 2.45) is 0 Å². The third kappa shape index (κ3) is 3.27. The number of aliphatic hydroxyl groups is 1. The molecule has 1 amide bonds. The molecule has 1 aromatic heterocycles. The first-order chi connectivity index (χ1) is 12.7. The molecule has 2 heterocycles. The Kier molecular flexibility index (Phi) is 4.33.